The minimum absolute atomic E-state index is 0.0209. The highest BCUT2D eigenvalue weighted by molar-refractivity contribution is 6.06. The summed E-state index contributed by atoms with van der Waals surface area (Å²) in [6, 6.07) is 0. The molecular weight excluding hydrogens is 265 g/mol. The van der Waals surface area contributed by atoms with E-state index < -0.39 is 34.9 Å². The summed E-state index contributed by atoms with van der Waals surface area (Å²) in [7, 11) is 2.15. The highest BCUT2D eigenvalue weighted by atomic mass is 19.4. The first kappa shape index (κ1) is 15.5. The molecule has 1 rings (SSSR count). The normalized spacial score (nSPS) is 24.1. The van der Waals surface area contributed by atoms with Gasteiger partial charge >= 0.3 is 18.1 Å². The third-order valence-electron chi connectivity index (χ3n) is 3.67. The molecule has 0 aromatic heterocycles. The number of hydrogen-bond acceptors (Lipinski definition) is 4. The van der Waals surface area contributed by atoms with Crippen LogP contribution in [0.5, 0.6) is 0 Å². The van der Waals surface area contributed by atoms with Gasteiger partial charge in [-0.2, -0.15) is 13.2 Å². The molecule has 0 saturated heterocycles. The number of methoxy groups -OCH3 is 2. The number of rotatable bonds is 3. The zero-order chi connectivity index (χ0) is 15.1. The second kappa shape index (κ2) is 4.54. The van der Waals surface area contributed by atoms with Crippen molar-refractivity contribution in [1.82, 2.24) is 0 Å². The van der Waals surface area contributed by atoms with Crippen molar-refractivity contribution in [3.8, 4) is 0 Å². The minimum atomic E-state index is -4.50. The summed E-state index contributed by atoms with van der Waals surface area (Å²) in [6.45, 7) is 3.04. The highest BCUT2D eigenvalue weighted by Crippen LogP contribution is 2.70. The Balaban J connectivity index is 3.17. The fourth-order valence-electron chi connectivity index (χ4n) is 2.58. The van der Waals surface area contributed by atoms with Gasteiger partial charge in [-0.05, 0) is 0 Å². The Morgan fingerprint density at radius 2 is 1.53 bits per heavy atom. The van der Waals surface area contributed by atoms with Crippen molar-refractivity contribution >= 4 is 11.9 Å². The molecule has 0 amide bonds. The number of carbonyl (C=O) groups excluding carboxylic acids is 2. The summed E-state index contributed by atoms with van der Waals surface area (Å²) in [5.41, 5.74) is -2.70. The predicted molar refractivity (Wildman–Crippen MR) is 58.9 cm³/mol. The van der Waals surface area contributed by atoms with Crippen LogP contribution in [0.1, 0.15) is 13.8 Å². The molecule has 1 unspecified atom stereocenters. The molecule has 1 fully saturated rings. The van der Waals surface area contributed by atoms with Crippen LogP contribution < -0.4 is 0 Å². The molecule has 0 aromatic rings. The first-order chi connectivity index (χ1) is 8.55. The van der Waals surface area contributed by atoms with Crippen LogP contribution in [-0.2, 0) is 19.1 Å². The van der Waals surface area contributed by atoms with Gasteiger partial charge in [-0.3, -0.25) is 9.59 Å². The van der Waals surface area contributed by atoms with Crippen molar-refractivity contribution in [2.45, 2.75) is 20.0 Å². The van der Waals surface area contributed by atoms with Gasteiger partial charge in [0.25, 0.3) is 0 Å². The molecule has 0 aliphatic heterocycles. The Hall–Kier alpha value is -1.53. The van der Waals surface area contributed by atoms with E-state index in [0.29, 0.717) is 0 Å². The predicted octanol–water partition coefficient (Wildman–Crippen LogP) is 2.09. The van der Waals surface area contributed by atoms with E-state index in [-0.39, 0.29) is 6.08 Å². The SMILES string of the molecule is COC(=O)C1(C(=O)OC)C(/C=C/C(F)(F)F)C1(C)C. The first-order valence-corrected chi connectivity index (χ1v) is 5.48. The molecule has 0 spiro atoms. The summed E-state index contributed by atoms with van der Waals surface area (Å²) in [6.07, 6.45) is -3.67. The Morgan fingerprint density at radius 3 is 1.84 bits per heavy atom. The number of esters is 2. The van der Waals surface area contributed by atoms with Crippen LogP contribution in [0.15, 0.2) is 12.2 Å². The summed E-state index contributed by atoms with van der Waals surface area (Å²) in [4.78, 5) is 23.6. The van der Waals surface area contributed by atoms with Gasteiger partial charge in [0.2, 0.25) is 0 Å². The number of alkyl halides is 3. The standard InChI is InChI=1S/C12H15F3O4/c1-10(2)7(5-6-11(13,14)15)12(10,8(16)18-3)9(17)19-4/h5-7H,1-4H3/b6-5+. The minimum Gasteiger partial charge on any atom is -0.468 e. The summed E-state index contributed by atoms with van der Waals surface area (Å²) >= 11 is 0. The molecule has 108 valence electrons. The van der Waals surface area contributed by atoms with Crippen LogP contribution in [0.2, 0.25) is 0 Å². The number of carbonyl (C=O) groups is 2. The molecular formula is C12H15F3O4. The van der Waals surface area contributed by atoms with Crippen LogP contribution in [0.25, 0.3) is 0 Å². The van der Waals surface area contributed by atoms with Gasteiger partial charge < -0.3 is 9.47 Å². The highest BCUT2D eigenvalue weighted by Gasteiger charge is 2.80. The molecule has 1 aliphatic carbocycles. The zero-order valence-electron chi connectivity index (χ0n) is 11.0. The van der Waals surface area contributed by atoms with Gasteiger partial charge in [0, 0.05) is 17.4 Å². The largest absolute Gasteiger partial charge is 0.468 e. The lowest BCUT2D eigenvalue weighted by atomic mass is 9.96. The summed E-state index contributed by atoms with van der Waals surface area (Å²) in [5, 5.41) is 0. The van der Waals surface area contributed by atoms with E-state index in [1.165, 1.54) is 13.8 Å². The summed E-state index contributed by atoms with van der Waals surface area (Å²) in [5.74, 6) is -2.69. The van der Waals surface area contributed by atoms with Crippen LogP contribution in [0.4, 0.5) is 13.2 Å². The quantitative estimate of drug-likeness (QED) is 0.451. The topological polar surface area (TPSA) is 52.6 Å². The molecule has 1 atom stereocenters. The van der Waals surface area contributed by atoms with Crippen LogP contribution in [0.3, 0.4) is 0 Å². The van der Waals surface area contributed by atoms with E-state index in [0.717, 1.165) is 20.3 Å². The van der Waals surface area contributed by atoms with Gasteiger partial charge in [-0.1, -0.05) is 19.9 Å². The second-order valence-electron chi connectivity index (χ2n) is 4.89. The molecule has 1 saturated carbocycles. The molecule has 4 nitrogen and oxygen atoms in total. The lowest BCUT2D eigenvalue weighted by Crippen LogP contribution is -2.33. The van der Waals surface area contributed by atoms with Gasteiger partial charge in [0.15, 0.2) is 5.41 Å². The van der Waals surface area contributed by atoms with Crippen LogP contribution >= 0.6 is 0 Å². The molecule has 0 aromatic carbocycles. The number of allylic oxidation sites excluding steroid dienone is 2. The smallest absolute Gasteiger partial charge is 0.409 e. The molecule has 0 heterocycles. The van der Waals surface area contributed by atoms with Crippen molar-refractivity contribution in [3.63, 3.8) is 0 Å². The second-order valence-corrected chi connectivity index (χ2v) is 4.89. The third kappa shape index (κ3) is 2.21. The molecule has 1 aliphatic rings. The maximum absolute atomic E-state index is 12.2. The van der Waals surface area contributed by atoms with E-state index in [1.54, 1.807) is 0 Å². The fourth-order valence-corrected chi connectivity index (χ4v) is 2.58. The lowest BCUT2D eigenvalue weighted by molar-refractivity contribution is -0.163. The number of halogens is 3. The molecule has 0 radical (unpaired) electrons. The lowest BCUT2D eigenvalue weighted by Gasteiger charge is -2.14. The molecule has 0 N–H and O–H groups in total. The van der Waals surface area contributed by atoms with E-state index in [4.69, 9.17) is 0 Å². The van der Waals surface area contributed by atoms with Crippen molar-refractivity contribution in [1.29, 1.82) is 0 Å². The van der Waals surface area contributed by atoms with E-state index in [9.17, 15) is 22.8 Å². The average molecular weight is 280 g/mol. The van der Waals surface area contributed by atoms with Crippen molar-refractivity contribution < 1.29 is 32.2 Å². The van der Waals surface area contributed by atoms with E-state index >= 15 is 0 Å². The number of hydrogen-bond donors (Lipinski definition) is 0. The van der Waals surface area contributed by atoms with Gasteiger partial charge in [-0.15, -0.1) is 0 Å². The Kier molecular flexibility index (Phi) is 3.71. The number of ether oxygens (including phenoxy) is 2. The van der Waals surface area contributed by atoms with E-state index in [2.05, 4.69) is 9.47 Å². The Morgan fingerprint density at radius 1 is 1.11 bits per heavy atom. The van der Waals surface area contributed by atoms with Crippen LogP contribution in [0, 0.1) is 16.7 Å². The first-order valence-electron chi connectivity index (χ1n) is 5.48. The monoisotopic (exact) mass is 280 g/mol. The fraction of sp³-hybridized carbons (Fsp3) is 0.667. The van der Waals surface area contributed by atoms with Crippen molar-refractivity contribution in [2.24, 2.45) is 16.7 Å². The summed E-state index contributed by atoms with van der Waals surface area (Å²) < 4.78 is 45.7. The van der Waals surface area contributed by atoms with Crippen molar-refractivity contribution in [2.75, 3.05) is 14.2 Å². The molecule has 0 bridgehead atoms. The molecule has 19 heavy (non-hydrogen) atoms. The maximum Gasteiger partial charge on any atom is 0.409 e. The van der Waals surface area contributed by atoms with Gasteiger partial charge in [0.05, 0.1) is 14.2 Å². The van der Waals surface area contributed by atoms with Crippen LogP contribution in [-0.4, -0.2) is 32.3 Å². The van der Waals surface area contributed by atoms with E-state index in [1.807, 2.05) is 0 Å². The Labute approximate surface area is 108 Å². The zero-order valence-corrected chi connectivity index (χ0v) is 11.0. The average Bonchev–Trinajstić information content (AvgIpc) is 2.80. The van der Waals surface area contributed by atoms with Crippen molar-refractivity contribution in [3.05, 3.63) is 12.2 Å². The van der Waals surface area contributed by atoms with Gasteiger partial charge in [-0.25, -0.2) is 0 Å². The Bertz CT molecular complexity index is 407. The maximum atomic E-state index is 12.2. The third-order valence-corrected chi connectivity index (χ3v) is 3.67. The molecule has 7 heteroatoms. The van der Waals surface area contributed by atoms with Gasteiger partial charge in [0.1, 0.15) is 0 Å².